The van der Waals surface area contributed by atoms with Gasteiger partial charge in [-0.3, -0.25) is 0 Å². The molecule has 0 aromatic heterocycles. The zero-order valence-electron chi connectivity index (χ0n) is 3.43. The number of rotatable bonds is 1. The van der Waals surface area contributed by atoms with Crippen molar-refractivity contribution in [1.29, 1.82) is 0 Å². The van der Waals surface area contributed by atoms with Gasteiger partial charge in [0, 0.05) is 6.61 Å². The number of nitrogens with one attached hydrogen (secondary N) is 1. The molecule has 0 aromatic carbocycles. The summed E-state index contributed by atoms with van der Waals surface area (Å²) in [4.78, 5) is 0. The first kappa shape index (κ1) is 11.8. The summed E-state index contributed by atoms with van der Waals surface area (Å²) in [5, 5.41) is 7.69. The van der Waals surface area contributed by atoms with E-state index in [2.05, 4.69) is 38.7 Å². The maximum absolute atomic E-state index is 7.69. The van der Waals surface area contributed by atoms with Gasteiger partial charge >= 0.3 is 49.9 Å². The Morgan fingerprint density at radius 3 is 1.71 bits per heavy atom. The molecule has 48 valence electrons. The second-order valence-corrected chi connectivity index (χ2v) is 17.1. The van der Waals surface area contributed by atoms with Crippen LogP contribution in [-0.2, 0) is 11.2 Å². The van der Waals surface area contributed by atoms with Gasteiger partial charge in [0.05, 0.1) is 0 Å². The van der Waals surface area contributed by atoms with E-state index in [1.165, 1.54) is 0 Å². The fourth-order valence-electron chi connectivity index (χ4n) is 0. The molecule has 0 heterocycles. The van der Waals surface area contributed by atoms with Crippen molar-refractivity contribution >= 4 is 38.7 Å². The largest absolute Gasteiger partial charge is 0.676 e. The molecule has 0 aliphatic rings. The maximum Gasteiger partial charge on any atom is 0.0241 e. The van der Waals surface area contributed by atoms with Crippen LogP contribution in [0.15, 0.2) is 0 Å². The quantitative estimate of drug-likeness (QED) is 0.539. The summed E-state index contributed by atoms with van der Waals surface area (Å²) >= 11 is 5.30. The van der Waals surface area contributed by atoms with Crippen LogP contribution in [0.2, 0.25) is 0 Å². The molecule has 5 heteroatoms. The molecular weight excluding hydrogens is 503 g/mol. The summed E-state index contributed by atoms with van der Waals surface area (Å²) in [6, 6.07) is 0. The third-order valence-electron chi connectivity index (χ3n) is 0.112. The van der Waals surface area contributed by atoms with Crippen LogP contribution in [0, 0.1) is 0 Å². The molecule has 2 nitrogen and oxygen atoms in total. The molecule has 0 amide bonds. The first-order valence-corrected chi connectivity index (χ1v) is 14.3. The van der Waals surface area contributed by atoms with Crippen LogP contribution in [-0.4, -0.2) is 18.3 Å². The first-order valence-electron chi connectivity index (χ1n) is 1.41. The SMILES string of the molecule is [I][Pt+2][I].[NH-]CCO. The molecule has 0 spiro atoms. The molecule has 7 heavy (non-hydrogen) atoms. The van der Waals surface area contributed by atoms with Crippen LogP contribution >= 0.6 is 38.7 Å². The van der Waals surface area contributed by atoms with Gasteiger partial charge in [-0.1, -0.05) is 0 Å². The van der Waals surface area contributed by atoms with Crippen LogP contribution in [0.1, 0.15) is 0 Å². The van der Waals surface area contributed by atoms with Gasteiger partial charge in [-0.15, -0.1) is 6.54 Å². The summed E-state index contributed by atoms with van der Waals surface area (Å²) in [7, 11) is 0. The van der Waals surface area contributed by atoms with Crippen LogP contribution in [0.5, 0.6) is 0 Å². The predicted molar refractivity (Wildman–Crippen MR) is 44.3 cm³/mol. The fraction of sp³-hybridized carbons (Fsp3) is 1.00. The number of hydrogen-bond donors (Lipinski definition) is 1. The van der Waals surface area contributed by atoms with Crippen LogP contribution in [0.3, 0.4) is 0 Å². The van der Waals surface area contributed by atoms with Crippen molar-refractivity contribution in [3.8, 4) is 0 Å². The van der Waals surface area contributed by atoms with E-state index >= 15 is 0 Å². The molecule has 0 aromatic rings. The van der Waals surface area contributed by atoms with E-state index in [9.17, 15) is 0 Å². The maximum atomic E-state index is 7.69. The van der Waals surface area contributed by atoms with Crippen molar-refractivity contribution in [3.05, 3.63) is 5.73 Å². The van der Waals surface area contributed by atoms with Crippen LogP contribution in [0.4, 0.5) is 0 Å². The molecule has 0 fully saturated rings. The Bertz CT molecular complexity index is 23.2. The van der Waals surface area contributed by atoms with Gasteiger partial charge in [0.1, 0.15) is 0 Å². The second kappa shape index (κ2) is 15.7. The molecule has 0 aliphatic carbocycles. The minimum Gasteiger partial charge on any atom is -0.676 e. The predicted octanol–water partition coefficient (Wildman–Crippen LogP) is 1.80. The van der Waals surface area contributed by atoms with Crippen molar-refractivity contribution in [2.75, 3.05) is 13.2 Å². The van der Waals surface area contributed by atoms with Crippen molar-refractivity contribution in [3.63, 3.8) is 0 Å². The first-order chi connectivity index (χ1) is 3.33. The van der Waals surface area contributed by atoms with Gasteiger partial charge in [0.2, 0.25) is 0 Å². The van der Waals surface area contributed by atoms with Gasteiger partial charge in [0.25, 0.3) is 0 Å². The molecule has 0 bridgehead atoms. The second-order valence-electron chi connectivity index (χ2n) is 0.519. The molecule has 0 saturated carbocycles. The van der Waals surface area contributed by atoms with Gasteiger partial charge < -0.3 is 10.8 Å². The van der Waals surface area contributed by atoms with Crippen LogP contribution in [0.25, 0.3) is 5.73 Å². The van der Waals surface area contributed by atoms with E-state index in [1.54, 1.807) is 0 Å². The normalized spacial score (nSPS) is 7.43. The number of halogens is 2. The van der Waals surface area contributed by atoms with E-state index in [4.69, 9.17) is 10.8 Å². The van der Waals surface area contributed by atoms with E-state index in [-0.39, 0.29) is 13.2 Å². The molecular formula is C2H6I2NOPt+. The number of hydrogen-bond acceptors (Lipinski definition) is 1. The smallest absolute Gasteiger partial charge is 0.0241 e. The Morgan fingerprint density at radius 2 is 1.71 bits per heavy atom. The Labute approximate surface area is 72.8 Å². The number of aliphatic hydroxyl groups excluding tert-OH is 1. The molecule has 0 aliphatic heterocycles. The molecule has 0 atom stereocenters. The zero-order chi connectivity index (χ0) is 6.12. The Hall–Kier alpha value is 2.07. The molecule has 0 unspecified atom stereocenters. The average molecular weight is 509 g/mol. The summed E-state index contributed by atoms with van der Waals surface area (Å²) in [5.41, 5.74) is 6.20. The standard InChI is InChI=1S/C2H6NO.2HI.Pt/c3-1-2-4;;;/h3-4H,1-2H2;2*1H;/q-1;;;+4/p-2. The van der Waals surface area contributed by atoms with Crippen molar-refractivity contribution in [2.45, 2.75) is 0 Å². The van der Waals surface area contributed by atoms with Gasteiger partial charge in [-0.25, -0.2) is 0 Å². The average Bonchev–Trinajstić information content (AvgIpc) is 1.69. The summed E-state index contributed by atoms with van der Waals surface area (Å²) < 4.78 is 0. The molecule has 2 N–H and O–H groups in total. The van der Waals surface area contributed by atoms with Gasteiger partial charge in [-0.05, 0) is 0 Å². The Kier molecular flexibility index (Phi) is 26.5. The minimum absolute atomic E-state index is 0.0139. The van der Waals surface area contributed by atoms with E-state index in [0.29, 0.717) is 11.2 Å². The fourth-order valence-corrected chi connectivity index (χ4v) is 0. The van der Waals surface area contributed by atoms with Crippen molar-refractivity contribution < 1.29 is 16.3 Å². The Balaban J connectivity index is 0. The molecule has 0 radical (unpaired) electrons. The van der Waals surface area contributed by atoms with E-state index in [0.717, 1.165) is 0 Å². The molecule has 0 saturated heterocycles. The van der Waals surface area contributed by atoms with Crippen LogP contribution < -0.4 is 0 Å². The molecule has 0 rings (SSSR count). The minimum atomic E-state index is -0.0139. The van der Waals surface area contributed by atoms with E-state index in [1.807, 2.05) is 0 Å². The summed E-state index contributed by atoms with van der Waals surface area (Å²) in [5.74, 6) is 0. The Morgan fingerprint density at radius 1 is 1.57 bits per heavy atom. The third-order valence-corrected chi connectivity index (χ3v) is 0.112. The van der Waals surface area contributed by atoms with Crippen molar-refractivity contribution in [2.24, 2.45) is 0 Å². The van der Waals surface area contributed by atoms with Crippen molar-refractivity contribution in [1.82, 2.24) is 0 Å². The summed E-state index contributed by atoms with van der Waals surface area (Å²) in [6.45, 7) is 0.111. The van der Waals surface area contributed by atoms with Gasteiger partial charge in [0.15, 0.2) is 0 Å². The van der Waals surface area contributed by atoms with Gasteiger partial charge in [-0.2, -0.15) is 0 Å². The number of aliphatic hydroxyl groups is 1. The zero-order valence-corrected chi connectivity index (χ0v) is 10.0. The third kappa shape index (κ3) is 31.6. The monoisotopic (exact) mass is 509 g/mol. The topological polar surface area (TPSA) is 44.0 Å². The van der Waals surface area contributed by atoms with E-state index < -0.39 is 0 Å². The summed E-state index contributed by atoms with van der Waals surface area (Å²) in [6.07, 6.45) is 0.